The molecule has 12 heteroatoms. The zero-order chi connectivity index (χ0) is 26.4. The zero-order valence-electron chi connectivity index (χ0n) is 21.2. The molecule has 38 heavy (non-hydrogen) atoms. The molecule has 5 heterocycles. The zero-order valence-corrected chi connectivity index (χ0v) is 22.0. The average molecular weight is 535 g/mol. The number of aromatic nitrogens is 5. The molecule has 4 N–H and O–H groups in total. The molecule has 11 nitrogen and oxygen atoms in total. The minimum atomic E-state index is -0.558. The van der Waals surface area contributed by atoms with Crippen molar-refractivity contribution in [2.45, 2.75) is 51.1 Å². The summed E-state index contributed by atoms with van der Waals surface area (Å²) in [6.45, 7) is 3.57. The van der Waals surface area contributed by atoms with Gasteiger partial charge in [0.1, 0.15) is 4.83 Å². The van der Waals surface area contributed by atoms with Gasteiger partial charge in [0.05, 0.1) is 60.1 Å². The second-order valence-electron chi connectivity index (χ2n) is 10.1. The lowest BCUT2D eigenvalue weighted by Crippen LogP contribution is -2.51. The van der Waals surface area contributed by atoms with E-state index in [-0.39, 0.29) is 18.1 Å². The Kier molecular flexibility index (Phi) is 6.25. The van der Waals surface area contributed by atoms with Crippen LogP contribution in [0.2, 0.25) is 0 Å². The standard InChI is InChI=1S/C26H30N8O3S/c1-16-19(10-18(12-28-16)31-21(36)15-32-7-3-6-26(32)4-2-5-26)22-23(17-11-29-33(14-17)8-9-35)38-25-20(24(27)37)13-30-34(22)25/h10-14,35H,2-9,15H2,1H3,(H2,27,37)(H,31,36). The molecule has 198 valence electrons. The number of anilines is 1. The van der Waals surface area contributed by atoms with Gasteiger partial charge in [-0.3, -0.25) is 24.2 Å². The largest absolute Gasteiger partial charge is 0.394 e. The molecule has 1 saturated heterocycles. The molecule has 1 saturated carbocycles. The number of likely N-dealkylation sites (tertiary alicyclic amines) is 1. The lowest BCUT2D eigenvalue weighted by Gasteiger charge is -2.45. The molecule has 1 aliphatic heterocycles. The van der Waals surface area contributed by atoms with Crippen LogP contribution in [0.15, 0.2) is 30.9 Å². The van der Waals surface area contributed by atoms with Crippen LogP contribution in [0, 0.1) is 6.92 Å². The van der Waals surface area contributed by atoms with Crippen molar-refractivity contribution in [1.29, 1.82) is 0 Å². The van der Waals surface area contributed by atoms with E-state index in [1.54, 1.807) is 21.6 Å². The van der Waals surface area contributed by atoms with Gasteiger partial charge < -0.3 is 16.2 Å². The fourth-order valence-corrected chi connectivity index (χ4v) is 6.95. The molecule has 1 aliphatic carbocycles. The number of nitrogens with one attached hydrogen (secondary N) is 1. The third-order valence-corrected chi connectivity index (χ3v) is 9.05. The summed E-state index contributed by atoms with van der Waals surface area (Å²) in [6.07, 6.45) is 12.6. The van der Waals surface area contributed by atoms with Gasteiger partial charge >= 0.3 is 0 Å². The Balaban J connectivity index is 1.36. The predicted molar refractivity (Wildman–Crippen MR) is 144 cm³/mol. The third kappa shape index (κ3) is 4.18. The van der Waals surface area contributed by atoms with E-state index in [0.717, 1.165) is 40.4 Å². The third-order valence-electron chi connectivity index (χ3n) is 7.83. The maximum atomic E-state index is 13.0. The second-order valence-corrected chi connectivity index (χ2v) is 11.1. The number of hydrogen-bond acceptors (Lipinski definition) is 8. The molecule has 0 bridgehead atoms. The van der Waals surface area contributed by atoms with E-state index in [1.165, 1.54) is 43.2 Å². The number of aliphatic hydroxyl groups is 1. The van der Waals surface area contributed by atoms with Crippen LogP contribution in [0.1, 0.15) is 48.2 Å². The maximum absolute atomic E-state index is 13.0. The first kappa shape index (κ1) is 24.7. The molecule has 1 spiro atoms. The van der Waals surface area contributed by atoms with Crippen molar-refractivity contribution in [3.63, 3.8) is 0 Å². The molecule has 4 aromatic heterocycles. The number of rotatable bonds is 8. The van der Waals surface area contributed by atoms with Crippen LogP contribution in [-0.4, -0.2) is 71.4 Å². The molecule has 0 unspecified atom stereocenters. The van der Waals surface area contributed by atoms with E-state index >= 15 is 0 Å². The van der Waals surface area contributed by atoms with Crippen molar-refractivity contribution in [1.82, 2.24) is 29.3 Å². The van der Waals surface area contributed by atoms with E-state index in [2.05, 4.69) is 25.4 Å². The van der Waals surface area contributed by atoms with Gasteiger partial charge in [0.2, 0.25) is 5.91 Å². The molecular weight excluding hydrogens is 504 g/mol. The average Bonchev–Trinajstić information content (AvgIpc) is 3.62. The van der Waals surface area contributed by atoms with Crippen molar-refractivity contribution >= 4 is 33.7 Å². The highest BCUT2D eigenvalue weighted by Crippen LogP contribution is 2.45. The van der Waals surface area contributed by atoms with Gasteiger partial charge in [-0.05, 0) is 51.6 Å². The van der Waals surface area contributed by atoms with E-state index < -0.39 is 5.91 Å². The molecule has 4 aromatic rings. The van der Waals surface area contributed by atoms with Crippen LogP contribution in [-0.2, 0) is 11.3 Å². The molecule has 0 atom stereocenters. The predicted octanol–water partition coefficient (Wildman–Crippen LogP) is 2.68. The fraction of sp³-hybridized carbons (Fsp3) is 0.423. The number of amides is 2. The van der Waals surface area contributed by atoms with Crippen molar-refractivity contribution in [3.8, 4) is 21.7 Å². The van der Waals surface area contributed by atoms with Crippen LogP contribution in [0.3, 0.4) is 0 Å². The molecule has 2 amide bonds. The Bertz CT molecular complexity index is 1530. The van der Waals surface area contributed by atoms with Gasteiger partial charge in [-0.1, -0.05) is 0 Å². The number of pyridine rings is 1. The number of nitrogens with two attached hydrogens (primary N) is 1. The molecule has 6 rings (SSSR count). The summed E-state index contributed by atoms with van der Waals surface area (Å²) in [7, 11) is 0. The number of primary amides is 1. The van der Waals surface area contributed by atoms with E-state index in [0.29, 0.717) is 29.2 Å². The van der Waals surface area contributed by atoms with Gasteiger partial charge in [-0.25, -0.2) is 4.52 Å². The van der Waals surface area contributed by atoms with Gasteiger partial charge in [0.15, 0.2) is 0 Å². The monoisotopic (exact) mass is 534 g/mol. The number of thiazole rings is 1. The minimum absolute atomic E-state index is 0.0309. The first-order valence-electron chi connectivity index (χ1n) is 12.8. The Hall–Kier alpha value is -3.61. The van der Waals surface area contributed by atoms with Crippen LogP contribution in [0.4, 0.5) is 5.69 Å². The highest BCUT2D eigenvalue weighted by Gasteiger charge is 2.45. The van der Waals surface area contributed by atoms with E-state index in [4.69, 9.17) is 5.73 Å². The van der Waals surface area contributed by atoms with Crippen LogP contribution in [0.25, 0.3) is 26.5 Å². The van der Waals surface area contributed by atoms with Gasteiger partial charge in [0.25, 0.3) is 5.91 Å². The lowest BCUT2D eigenvalue weighted by molar-refractivity contribution is -0.119. The Morgan fingerprint density at radius 1 is 1.18 bits per heavy atom. The van der Waals surface area contributed by atoms with E-state index in [9.17, 15) is 14.7 Å². The number of hydrogen-bond donors (Lipinski definition) is 3. The topological polar surface area (TPSA) is 144 Å². The summed E-state index contributed by atoms with van der Waals surface area (Å²) in [4.78, 5) is 33.5. The first-order chi connectivity index (χ1) is 18.4. The van der Waals surface area contributed by atoms with Crippen molar-refractivity contribution in [3.05, 3.63) is 42.1 Å². The summed E-state index contributed by atoms with van der Waals surface area (Å²) in [6, 6.07) is 1.90. The molecular formula is C26H30N8O3S. The molecule has 0 aromatic carbocycles. The summed E-state index contributed by atoms with van der Waals surface area (Å²) < 4.78 is 3.36. The Morgan fingerprint density at radius 3 is 2.74 bits per heavy atom. The van der Waals surface area contributed by atoms with E-state index in [1.807, 2.05) is 19.2 Å². The summed E-state index contributed by atoms with van der Waals surface area (Å²) in [5.41, 5.74) is 9.84. The fourth-order valence-electron chi connectivity index (χ4n) is 5.75. The lowest BCUT2D eigenvalue weighted by atomic mass is 9.75. The minimum Gasteiger partial charge on any atom is -0.394 e. The molecule has 2 aliphatic rings. The number of fused-ring (bicyclic) bond motifs is 1. The number of carbonyl (C=O) groups is 2. The molecule has 0 radical (unpaired) electrons. The summed E-state index contributed by atoms with van der Waals surface area (Å²) in [5, 5.41) is 21.2. The maximum Gasteiger partial charge on any atom is 0.253 e. The van der Waals surface area contributed by atoms with Crippen LogP contribution in [0.5, 0.6) is 0 Å². The highest BCUT2D eigenvalue weighted by atomic mass is 32.1. The summed E-state index contributed by atoms with van der Waals surface area (Å²) in [5.74, 6) is -0.608. The summed E-state index contributed by atoms with van der Waals surface area (Å²) >= 11 is 1.39. The second kappa shape index (κ2) is 9.61. The Morgan fingerprint density at radius 2 is 2.00 bits per heavy atom. The normalized spacial score (nSPS) is 16.8. The van der Waals surface area contributed by atoms with Crippen LogP contribution < -0.4 is 11.1 Å². The Labute approximate surface area is 223 Å². The number of aryl methyl sites for hydroxylation is 1. The highest BCUT2D eigenvalue weighted by molar-refractivity contribution is 7.21. The van der Waals surface area contributed by atoms with Gasteiger partial charge in [-0.15, -0.1) is 11.3 Å². The molecule has 2 fully saturated rings. The number of nitrogens with zero attached hydrogens (tertiary/aromatic N) is 6. The van der Waals surface area contributed by atoms with Crippen LogP contribution >= 0.6 is 11.3 Å². The van der Waals surface area contributed by atoms with Gasteiger partial charge in [0, 0.05) is 28.6 Å². The van der Waals surface area contributed by atoms with Gasteiger partial charge in [-0.2, -0.15) is 10.2 Å². The van der Waals surface area contributed by atoms with Crippen molar-refractivity contribution in [2.24, 2.45) is 5.73 Å². The van der Waals surface area contributed by atoms with Crippen molar-refractivity contribution < 1.29 is 14.7 Å². The quantitative estimate of drug-likeness (QED) is 0.315. The smallest absolute Gasteiger partial charge is 0.253 e. The SMILES string of the molecule is Cc1ncc(NC(=O)CN2CCCC23CCC3)cc1-c1c(-c2cnn(CCO)c2)sc2c(C(N)=O)cnn12. The number of carbonyl (C=O) groups excluding carboxylic acids is 2. The number of aliphatic hydroxyl groups excluding tert-OH is 1. The first-order valence-corrected chi connectivity index (χ1v) is 13.7. The van der Waals surface area contributed by atoms with Crippen molar-refractivity contribution in [2.75, 3.05) is 25.0 Å².